The molecule has 1 heterocycles. The van der Waals surface area contributed by atoms with Crippen molar-refractivity contribution in [3.8, 4) is 5.88 Å². The molecule has 0 fully saturated rings. The molecule has 3 aromatic carbocycles. The molecular weight excluding hydrogens is 512 g/mol. The van der Waals surface area contributed by atoms with E-state index in [1.165, 1.54) is 12.1 Å². The molecule has 192 valence electrons. The topological polar surface area (TPSA) is 58.0 Å². The lowest BCUT2D eigenvalue weighted by Gasteiger charge is -2.33. The first-order valence-electron chi connectivity index (χ1n) is 11.8. The Labute approximate surface area is 226 Å². The summed E-state index contributed by atoms with van der Waals surface area (Å²) in [6.07, 6.45) is 2.12. The van der Waals surface area contributed by atoms with Gasteiger partial charge in [0, 0.05) is 36.0 Å². The van der Waals surface area contributed by atoms with Crippen molar-refractivity contribution >= 4 is 40.4 Å². The summed E-state index contributed by atoms with van der Waals surface area (Å²) in [4.78, 5) is 10.8. The van der Waals surface area contributed by atoms with Gasteiger partial charge in [-0.1, -0.05) is 53.5 Å². The highest BCUT2D eigenvalue weighted by atomic mass is 35.5. The number of hydrogen-bond acceptors (Lipinski definition) is 4. The van der Waals surface area contributed by atoms with E-state index in [2.05, 4.69) is 9.98 Å². The van der Waals surface area contributed by atoms with Crippen molar-refractivity contribution in [2.75, 3.05) is 27.2 Å². The number of methoxy groups -OCH3 is 1. The van der Waals surface area contributed by atoms with E-state index >= 15 is 0 Å². The van der Waals surface area contributed by atoms with Crippen LogP contribution in [0.4, 0.5) is 4.39 Å². The fourth-order valence-electron chi connectivity index (χ4n) is 4.33. The van der Waals surface area contributed by atoms with Gasteiger partial charge in [-0.25, -0.2) is 9.37 Å². The van der Waals surface area contributed by atoms with Gasteiger partial charge in [-0.15, -0.1) is 0 Å². The minimum atomic E-state index is -1.40. The largest absolute Gasteiger partial charge is 0.481 e. The third kappa shape index (κ3) is 5.87. The molecule has 4 aromatic rings. The number of pyridine rings is 1. The maximum atomic E-state index is 13.4. The third-order valence-electron chi connectivity index (χ3n) is 6.20. The fourth-order valence-corrected chi connectivity index (χ4v) is 4.75. The molecule has 5 nitrogen and oxygen atoms in total. The van der Waals surface area contributed by atoms with E-state index in [0.29, 0.717) is 56.5 Å². The number of aliphatic hydroxyl groups is 1. The lowest BCUT2D eigenvalue weighted by atomic mass is 9.85. The molecule has 0 saturated carbocycles. The van der Waals surface area contributed by atoms with E-state index in [9.17, 15) is 9.50 Å². The molecule has 37 heavy (non-hydrogen) atoms. The molecule has 0 bridgehead atoms. The molecule has 0 saturated heterocycles. The summed E-state index contributed by atoms with van der Waals surface area (Å²) in [6.45, 7) is 2.83. The third-order valence-corrected chi connectivity index (χ3v) is 6.89. The fraction of sp³-hybridized carbons (Fsp3) is 0.241. The molecular formula is C29H28Cl2FN3O2. The van der Waals surface area contributed by atoms with Gasteiger partial charge in [0.2, 0.25) is 5.88 Å². The van der Waals surface area contributed by atoms with Crippen LogP contribution in [0.25, 0.3) is 10.9 Å². The summed E-state index contributed by atoms with van der Waals surface area (Å²) in [5.41, 5.74) is 2.11. The van der Waals surface area contributed by atoms with Crippen LogP contribution in [0.5, 0.6) is 5.88 Å². The highest BCUT2D eigenvalue weighted by Crippen LogP contribution is 2.38. The Bertz CT molecular complexity index is 1410. The average molecular weight is 540 g/mol. The van der Waals surface area contributed by atoms with Crippen LogP contribution in [0, 0.1) is 5.82 Å². The van der Waals surface area contributed by atoms with Crippen molar-refractivity contribution in [3.05, 3.63) is 105 Å². The van der Waals surface area contributed by atoms with E-state index in [-0.39, 0.29) is 12.4 Å². The Morgan fingerprint density at radius 1 is 1.05 bits per heavy atom. The molecule has 1 atom stereocenters. The number of aromatic nitrogens is 1. The second-order valence-corrected chi connectivity index (χ2v) is 9.66. The predicted octanol–water partition coefficient (Wildman–Crippen LogP) is 6.50. The Balaban J connectivity index is 1.85. The summed E-state index contributed by atoms with van der Waals surface area (Å²) in [5.74, 6) is 0.0940. The van der Waals surface area contributed by atoms with Crippen LogP contribution in [-0.4, -0.2) is 48.6 Å². The first-order chi connectivity index (χ1) is 17.7. The van der Waals surface area contributed by atoms with Crippen molar-refractivity contribution in [1.29, 1.82) is 0 Å². The van der Waals surface area contributed by atoms with Crippen LogP contribution in [0.3, 0.4) is 0 Å². The Morgan fingerprint density at radius 2 is 1.73 bits per heavy atom. The van der Waals surface area contributed by atoms with Gasteiger partial charge in [0.1, 0.15) is 11.4 Å². The lowest BCUT2D eigenvalue weighted by molar-refractivity contribution is 0.0623. The molecule has 0 amide bonds. The second-order valence-electron chi connectivity index (χ2n) is 8.85. The van der Waals surface area contributed by atoms with E-state index < -0.39 is 5.60 Å². The number of likely N-dealkylation sites (N-methyl/N-ethyl adjacent to an activating group) is 1. The van der Waals surface area contributed by atoms with Crippen LogP contribution in [0.2, 0.25) is 10.0 Å². The standard InChI is InChI=1S/C29H28Cl2FN3O2/c1-4-33-18-35(2)17-29(36,20-7-10-22(30)11-8-20)21-9-14-26-24(16-21)27(31)25(28(34-26)37-3)15-19-5-12-23(32)13-6-19/h5-14,16,18,36H,4,15,17H2,1-3H3. The van der Waals surface area contributed by atoms with Crippen molar-refractivity contribution in [3.63, 3.8) is 0 Å². The maximum Gasteiger partial charge on any atom is 0.218 e. The molecule has 1 N–H and O–H groups in total. The van der Waals surface area contributed by atoms with Gasteiger partial charge in [-0.05, 0) is 60.0 Å². The van der Waals surface area contributed by atoms with E-state index in [1.807, 2.05) is 49.2 Å². The molecule has 0 aliphatic carbocycles. The number of fused-ring (bicyclic) bond motifs is 1. The number of aliphatic imine (C=N–C) groups is 1. The van der Waals surface area contributed by atoms with Gasteiger partial charge < -0.3 is 14.7 Å². The zero-order chi connectivity index (χ0) is 26.6. The van der Waals surface area contributed by atoms with Crippen LogP contribution in [-0.2, 0) is 12.0 Å². The number of nitrogens with zero attached hydrogens (tertiary/aromatic N) is 3. The summed E-state index contributed by atoms with van der Waals surface area (Å²) >= 11 is 13.1. The first-order valence-corrected chi connectivity index (χ1v) is 12.6. The van der Waals surface area contributed by atoms with Gasteiger partial charge >= 0.3 is 0 Å². The van der Waals surface area contributed by atoms with Crippen molar-refractivity contribution in [1.82, 2.24) is 9.88 Å². The van der Waals surface area contributed by atoms with Crippen molar-refractivity contribution in [2.45, 2.75) is 18.9 Å². The minimum absolute atomic E-state index is 0.243. The minimum Gasteiger partial charge on any atom is -0.481 e. The van der Waals surface area contributed by atoms with Gasteiger partial charge in [-0.3, -0.25) is 4.99 Å². The number of benzene rings is 3. The highest BCUT2D eigenvalue weighted by Gasteiger charge is 2.33. The number of halogens is 3. The average Bonchev–Trinajstić information content (AvgIpc) is 2.90. The molecule has 8 heteroatoms. The van der Waals surface area contributed by atoms with Crippen molar-refractivity contribution in [2.24, 2.45) is 4.99 Å². The van der Waals surface area contributed by atoms with E-state index in [1.54, 1.807) is 37.7 Å². The lowest BCUT2D eigenvalue weighted by Crippen LogP contribution is -2.39. The van der Waals surface area contributed by atoms with Gasteiger partial charge in [0.15, 0.2) is 0 Å². The summed E-state index contributed by atoms with van der Waals surface area (Å²) < 4.78 is 19.0. The number of hydrogen-bond donors (Lipinski definition) is 1. The predicted molar refractivity (Wildman–Crippen MR) is 149 cm³/mol. The molecule has 4 rings (SSSR count). The monoisotopic (exact) mass is 539 g/mol. The Morgan fingerprint density at radius 3 is 2.38 bits per heavy atom. The normalized spacial score (nSPS) is 13.2. The van der Waals surface area contributed by atoms with Gasteiger partial charge in [0.05, 0.1) is 30.5 Å². The first kappa shape index (κ1) is 26.9. The van der Waals surface area contributed by atoms with Gasteiger partial charge in [0.25, 0.3) is 0 Å². The highest BCUT2D eigenvalue weighted by molar-refractivity contribution is 6.36. The second kappa shape index (κ2) is 11.5. The van der Waals surface area contributed by atoms with Crippen LogP contribution < -0.4 is 4.74 Å². The SMILES string of the molecule is CCN=CN(C)CC(O)(c1ccc(Cl)cc1)c1ccc2nc(OC)c(Cc3ccc(F)cc3)c(Cl)c2c1. The number of ether oxygens (including phenoxy) is 1. The molecule has 0 aliphatic heterocycles. The smallest absolute Gasteiger partial charge is 0.218 e. The molecule has 0 radical (unpaired) electrons. The zero-order valence-electron chi connectivity index (χ0n) is 20.9. The van der Waals surface area contributed by atoms with Crippen LogP contribution in [0.1, 0.15) is 29.2 Å². The number of rotatable bonds is 9. The van der Waals surface area contributed by atoms with E-state index in [4.69, 9.17) is 27.9 Å². The van der Waals surface area contributed by atoms with Gasteiger partial charge in [-0.2, -0.15) is 0 Å². The summed E-state index contributed by atoms with van der Waals surface area (Å²) in [6, 6.07) is 18.9. The molecule has 1 unspecified atom stereocenters. The van der Waals surface area contributed by atoms with Crippen molar-refractivity contribution < 1.29 is 14.2 Å². The summed E-state index contributed by atoms with van der Waals surface area (Å²) in [7, 11) is 3.40. The maximum absolute atomic E-state index is 13.4. The molecule has 1 aromatic heterocycles. The summed E-state index contributed by atoms with van der Waals surface area (Å²) in [5, 5.41) is 13.8. The Hall–Kier alpha value is -3.19. The Kier molecular flexibility index (Phi) is 8.32. The van der Waals surface area contributed by atoms with E-state index in [0.717, 1.165) is 5.56 Å². The molecule has 0 spiro atoms. The van der Waals surface area contributed by atoms with Crippen LogP contribution >= 0.6 is 23.2 Å². The quantitative estimate of drug-likeness (QED) is 0.195. The molecule has 0 aliphatic rings. The zero-order valence-corrected chi connectivity index (χ0v) is 22.4. The van der Waals surface area contributed by atoms with Crippen LogP contribution in [0.15, 0.2) is 71.7 Å².